The first-order valence-electron chi connectivity index (χ1n) is 6.36. The first-order chi connectivity index (χ1) is 9.51. The highest BCUT2D eigenvalue weighted by molar-refractivity contribution is 6.42. The van der Waals surface area contributed by atoms with E-state index in [1.165, 1.54) is 0 Å². The molecule has 1 fully saturated rings. The highest BCUT2D eigenvalue weighted by Gasteiger charge is 2.35. The molecule has 0 bridgehead atoms. The minimum Gasteiger partial charge on any atom is -0.395 e. The molecule has 0 unspecified atom stereocenters. The molecule has 1 aromatic carbocycles. The zero-order chi connectivity index (χ0) is 14.7. The van der Waals surface area contributed by atoms with Crippen molar-refractivity contribution in [2.45, 2.75) is 19.4 Å². The lowest BCUT2D eigenvalue weighted by atomic mass is 9.83. The normalized spacial score (nSPS) is 15.1. The molecule has 0 aliphatic heterocycles. The van der Waals surface area contributed by atoms with E-state index in [0.29, 0.717) is 29.4 Å². The highest BCUT2D eigenvalue weighted by Crippen LogP contribution is 2.27. The molecule has 1 N–H and O–H groups in total. The summed E-state index contributed by atoms with van der Waals surface area (Å²) in [5, 5.41) is 9.97. The van der Waals surface area contributed by atoms with E-state index in [9.17, 15) is 9.59 Å². The minimum absolute atomic E-state index is 0.0928. The van der Waals surface area contributed by atoms with Crippen molar-refractivity contribution < 1.29 is 14.7 Å². The largest absolute Gasteiger partial charge is 0.395 e. The van der Waals surface area contributed by atoms with Crippen molar-refractivity contribution in [3.8, 4) is 0 Å². The topological polar surface area (TPSA) is 57.6 Å². The fraction of sp³-hybridized carbons (Fsp3) is 0.429. The number of Topliss-reactive ketones (excluding diaryl/α,β-unsaturated/α-hetero) is 1. The van der Waals surface area contributed by atoms with Gasteiger partial charge in [-0.1, -0.05) is 29.3 Å². The maximum absolute atomic E-state index is 12.2. The monoisotopic (exact) mass is 315 g/mol. The van der Waals surface area contributed by atoms with Crippen molar-refractivity contribution in [2.24, 2.45) is 5.92 Å². The van der Waals surface area contributed by atoms with E-state index in [4.69, 9.17) is 28.3 Å². The predicted octanol–water partition coefficient (Wildman–Crippen LogP) is 2.29. The van der Waals surface area contributed by atoms with Gasteiger partial charge < -0.3 is 10.0 Å². The Kier molecular flexibility index (Phi) is 5.02. The van der Waals surface area contributed by atoms with Crippen molar-refractivity contribution >= 4 is 34.9 Å². The molecule has 20 heavy (non-hydrogen) atoms. The van der Waals surface area contributed by atoms with E-state index in [0.717, 1.165) is 5.56 Å². The molecule has 1 saturated carbocycles. The third-order valence-electron chi connectivity index (χ3n) is 3.34. The average Bonchev–Trinajstić information content (AvgIpc) is 2.38. The van der Waals surface area contributed by atoms with Crippen molar-refractivity contribution in [1.29, 1.82) is 0 Å². The highest BCUT2D eigenvalue weighted by atomic mass is 35.5. The lowest BCUT2D eigenvalue weighted by molar-refractivity contribution is -0.145. The summed E-state index contributed by atoms with van der Waals surface area (Å²) in [6, 6.07) is 5.17. The molecule has 2 rings (SSSR count). The van der Waals surface area contributed by atoms with Crippen LogP contribution in [0.1, 0.15) is 18.4 Å². The second-order valence-electron chi connectivity index (χ2n) is 4.88. The number of halogens is 2. The molecule has 1 aromatic rings. The minimum atomic E-state index is -0.239. The summed E-state index contributed by atoms with van der Waals surface area (Å²) in [4.78, 5) is 24.8. The van der Waals surface area contributed by atoms with Crippen LogP contribution in [0.4, 0.5) is 0 Å². The van der Waals surface area contributed by atoms with Crippen LogP contribution in [0.15, 0.2) is 18.2 Å². The second kappa shape index (κ2) is 6.57. The second-order valence-corrected chi connectivity index (χ2v) is 5.69. The van der Waals surface area contributed by atoms with Crippen LogP contribution in [-0.4, -0.2) is 34.8 Å². The molecule has 0 spiro atoms. The van der Waals surface area contributed by atoms with Crippen molar-refractivity contribution in [3.05, 3.63) is 33.8 Å². The van der Waals surface area contributed by atoms with Gasteiger partial charge in [0.15, 0.2) is 0 Å². The van der Waals surface area contributed by atoms with E-state index in [2.05, 4.69) is 0 Å². The summed E-state index contributed by atoms with van der Waals surface area (Å²) in [5.74, 6) is -0.219. The van der Waals surface area contributed by atoms with Crippen molar-refractivity contribution in [2.75, 3.05) is 13.2 Å². The Bertz CT molecular complexity index is 525. The van der Waals surface area contributed by atoms with Crippen LogP contribution >= 0.6 is 23.2 Å². The number of nitrogens with zero attached hydrogens (tertiary/aromatic N) is 1. The van der Waals surface area contributed by atoms with Gasteiger partial charge in [0.1, 0.15) is 5.78 Å². The number of rotatable bonds is 5. The standard InChI is InChI=1S/C14H15Cl2NO3/c15-12-2-1-9(5-13(12)16)8-17(3-4-18)14(20)10-6-11(19)7-10/h1-2,5,10,18H,3-4,6-8H2. The molecule has 0 aromatic heterocycles. The number of hydrogen-bond donors (Lipinski definition) is 1. The molecule has 1 aliphatic rings. The molecule has 1 amide bonds. The lowest BCUT2D eigenvalue weighted by Gasteiger charge is -2.30. The van der Waals surface area contributed by atoms with Gasteiger partial charge in [-0.2, -0.15) is 0 Å². The van der Waals surface area contributed by atoms with Crippen LogP contribution in [0.2, 0.25) is 10.0 Å². The Hall–Kier alpha value is -1.10. The molecular formula is C14H15Cl2NO3. The van der Waals surface area contributed by atoms with E-state index >= 15 is 0 Å². The van der Waals surface area contributed by atoms with Gasteiger partial charge in [-0.25, -0.2) is 0 Å². The third kappa shape index (κ3) is 3.51. The summed E-state index contributed by atoms with van der Waals surface area (Å²) >= 11 is 11.8. The number of amides is 1. The van der Waals surface area contributed by atoms with Crippen LogP contribution in [0, 0.1) is 5.92 Å². The number of aliphatic hydroxyl groups is 1. The van der Waals surface area contributed by atoms with Crippen LogP contribution in [0.5, 0.6) is 0 Å². The van der Waals surface area contributed by atoms with E-state index in [1.54, 1.807) is 23.1 Å². The molecule has 0 atom stereocenters. The zero-order valence-corrected chi connectivity index (χ0v) is 12.3. The smallest absolute Gasteiger partial charge is 0.226 e. The quantitative estimate of drug-likeness (QED) is 0.907. The van der Waals surface area contributed by atoms with E-state index < -0.39 is 0 Å². The lowest BCUT2D eigenvalue weighted by Crippen LogP contribution is -2.42. The Balaban J connectivity index is 2.06. The maximum atomic E-state index is 12.2. The number of carbonyl (C=O) groups is 2. The van der Waals surface area contributed by atoms with Gasteiger partial charge >= 0.3 is 0 Å². The Labute approximate surface area is 127 Å². The zero-order valence-electron chi connectivity index (χ0n) is 10.8. The molecule has 108 valence electrons. The molecule has 6 heteroatoms. The maximum Gasteiger partial charge on any atom is 0.226 e. The van der Waals surface area contributed by atoms with Gasteiger partial charge in [0.05, 0.1) is 22.6 Å². The molecule has 1 aliphatic carbocycles. The van der Waals surface area contributed by atoms with E-state index in [-0.39, 0.29) is 30.8 Å². The van der Waals surface area contributed by atoms with Crippen LogP contribution in [0.3, 0.4) is 0 Å². The molecule has 4 nitrogen and oxygen atoms in total. The van der Waals surface area contributed by atoms with Crippen LogP contribution < -0.4 is 0 Å². The number of carbonyl (C=O) groups excluding carboxylic acids is 2. The molecular weight excluding hydrogens is 301 g/mol. The Morgan fingerprint density at radius 1 is 1.30 bits per heavy atom. The van der Waals surface area contributed by atoms with Gasteiger partial charge in [-0.15, -0.1) is 0 Å². The summed E-state index contributed by atoms with van der Waals surface area (Å²) in [6.45, 7) is 0.471. The SMILES string of the molecule is O=C1CC(C(=O)N(CCO)Cc2ccc(Cl)c(Cl)c2)C1. The van der Waals surface area contributed by atoms with Crippen molar-refractivity contribution in [1.82, 2.24) is 4.90 Å². The summed E-state index contributed by atoms with van der Waals surface area (Å²) in [6.07, 6.45) is 0.615. The van der Waals surface area contributed by atoms with Crippen molar-refractivity contribution in [3.63, 3.8) is 0 Å². The van der Waals surface area contributed by atoms with Crippen LogP contribution in [-0.2, 0) is 16.1 Å². The molecule has 0 saturated heterocycles. The Morgan fingerprint density at radius 3 is 2.55 bits per heavy atom. The predicted molar refractivity (Wildman–Crippen MR) is 76.7 cm³/mol. The van der Waals surface area contributed by atoms with Gasteiger partial charge in [0, 0.05) is 25.9 Å². The third-order valence-corrected chi connectivity index (χ3v) is 4.08. The van der Waals surface area contributed by atoms with Gasteiger partial charge in [0.25, 0.3) is 0 Å². The summed E-state index contributed by atoms with van der Waals surface area (Å²) in [5.41, 5.74) is 0.840. The summed E-state index contributed by atoms with van der Waals surface area (Å²) in [7, 11) is 0. The first-order valence-corrected chi connectivity index (χ1v) is 7.12. The fourth-order valence-electron chi connectivity index (χ4n) is 2.17. The fourth-order valence-corrected chi connectivity index (χ4v) is 2.49. The number of ketones is 1. The van der Waals surface area contributed by atoms with Gasteiger partial charge in [-0.05, 0) is 17.7 Å². The number of hydrogen-bond acceptors (Lipinski definition) is 3. The average molecular weight is 316 g/mol. The number of aliphatic hydroxyl groups excluding tert-OH is 1. The molecule has 0 heterocycles. The first kappa shape index (κ1) is 15.3. The number of benzene rings is 1. The van der Waals surface area contributed by atoms with E-state index in [1.807, 2.05) is 0 Å². The molecule has 0 radical (unpaired) electrons. The van der Waals surface area contributed by atoms with Gasteiger partial charge in [-0.3, -0.25) is 9.59 Å². The van der Waals surface area contributed by atoms with Crippen LogP contribution in [0.25, 0.3) is 0 Å². The Morgan fingerprint density at radius 2 is 2.00 bits per heavy atom. The van der Waals surface area contributed by atoms with Gasteiger partial charge in [0.2, 0.25) is 5.91 Å². The summed E-state index contributed by atoms with van der Waals surface area (Å²) < 4.78 is 0.